The molecule has 0 spiro atoms. The van der Waals surface area contributed by atoms with E-state index in [1.165, 1.54) is 6.07 Å². The zero-order valence-corrected chi connectivity index (χ0v) is 14.1. The Morgan fingerprint density at radius 2 is 1.96 bits per heavy atom. The van der Waals surface area contributed by atoms with E-state index in [9.17, 15) is 9.18 Å². The highest BCUT2D eigenvalue weighted by Gasteiger charge is 2.34. The first-order valence-electron chi connectivity index (χ1n) is 8.42. The Labute approximate surface area is 142 Å². The van der Waals surface area contributed by atoms with Gasteiger partial charge < -0.3 is 10.2 Å². The van der Waals surface area contributed by atoms with Gasteiger partial charge in [-0.2, -0.15) is 0 Å². The molecule has 24 heavy (non-hydrogen) atoms. The number of nitrogens with one attached hydrogen (secondary N) is 1. The van der Waals surface area contributed by atoms with Crippen molar-refractivity contribution in [1.82, 2.24) is 4.90 Å². The third-order valence-corrected chi connectivity index (χ3v) is 4.62. The Kier molecular flexibility index (Phi) is 4.84. The maximum absolute atomic E-state index is 14.0. The van der Waals surface area contributed by atoms with E-state index in [0.717, 1.165) is 24.0 Å². The molecule has 0 bridgehead atoms. The maximum Gasteiger partial charge on any atom is 0.322 e. The van der Waals surface area contributed by atoms with Crippen LogP contribution in [0.2, 0.25) is 0 Å². The van der Waals surface area contributed by atoms with Gasteiger partial charge in [0.25, 0.3) is 0 Å². The number of anilines is 1. The fourth-order valence-corrected chi connectivity index (χ4v) is 2.94. The van der Waals surface area contributed by atoms with Crippen LogP contribution >= 0.6 is 0 Å². The monoisotopic (exact) mass is 326 g/mol. The number of benzene rings is 2. The summed E-state index contributed by atoms with van der Waals surface area (Å²) in [7, 11) is 0. The number of carbonyl (C=O) groups excluding carboxylic acids is 1. The van der Waals surface area contributed by atoms with Gasteiger partial charge in [-0.1, -0.05) is 36.4 Å². The van der Waals surface area contributed by atoms with Crippen LogP contribution in [0.4, 0.5) is 14.9 Å². The first kappa shape index (κ1) is 16.5. The fourth-order valence-electron chi connectivity index (χ4n) is 2.94. The lowest BCUT2D eigenvalue weighted by molar-refractivity contribution is 0.180. The highest BCUT2D eigenvalue weighted by Crippen LogP contribution is 2.36. The summed E-state index contributed by atoms with van der Waals surface area (Å²) in [4.78, 5) is 14.6. The molecule has 2 amide bonds. The van der Waals surface area contributed by atoms with Gasteiger partial charge in [0, 0.05) is 12.6 Å². The smallest absolute Gasteiger partial charge is 0.317 e. The molecule has 0 heterocycles. The number of amides is 2. The van der Waals surface area contributed by atoms with Gasteiger partial charge >= 0.3 is 6.03 Å². The number of hydrogen-bond acceptors (Lipinski definition) is 1. The van der Waals surface area contributed by atoms with E-state index in [1.807, 2.05) is 42.2 Å². The first-order valence-corrected chi connectivity index (χ1v) is 8.42. The molecule has 1 unspecified atom stereocenters. The molecule has 1 aliphatic rings. The van der Waals surface area contributed by atoms with Crippen molar-refractivity contribution in [3.8, 4) is 0 Å². The summed E-state index contributed by atoms with van der Waals surface area (Å²) >= 11 is 0. The SMILES string of the molecule is Cc1ccc(F)c(NC(=O)N(Cc2ccccc2)C(C)C2CC2)c1. The van der Waals surface area contributed by atoms with Crippen LogP contribution in [-0.2, 0) is 6.54 Å². The molecule has 1 atom stereocenters. The molecular weight excluding hydrogens is 303 g/mol. The van der Waals surface area contributed by atoms with E-state index >= 15 is 0 Å². The Balaban J connectivity index is 1.79. The molecule has 0 aliphatic heterocycles. The topological polar surface area (TPSA) is 32.3 Å². The van der Waals surface area contributed by atoms with Crippen molar-refractivity contribution in [3.05, 3.63) is 65.5 Å². The van der Waals surface area contributed by atoms with Crippen LogP contribution in [0, 0.1) is 18.7 Å². The summed E-state index contributed by atoms with van der Waals surface area (Å²) in [6.45, 7) is 4.48. The normalized spacial score (nSPS) is 15.0. The molecule has 1 saturated carbocycles. The second-order valence-electron chi connectivity index (χ2n) is 6.60. The van der Waals surface area contributed by atoms with E-state index in [-0.39, 0.29) is 17.8 Å². The molecule has 4 heteroatoms. The van der Waals surface area contributed by atoms with Crippen molar-refractivity contribution >= 4 is 11.7 Å². The molecule has 1 N–H and O–H groups in total. The summed E-state index contributed by atoms with van der Waals surface area (Å²) < 4.78 is 14.0. The predicted molar refractivity (Wildman–Crippen MR) is 94.3 cm³/mol. The third-order valence-electron chi connectivity index (χ3n) is 4.62. The summed E-state index contributed by atoms with van der Waals surface area (Å²) in [5, 5.41) is 2.75. The van der Waals surface area contributed by atoms with Crippen LogP contribution in [-0.4, -0.2) is 17.0 Å². The molecule has 3 rings (SSSR count). The van der Waals surface area contributed by atoms with E-state index in [4.69, 9.17) is 0 Å². The highest BCUT2D eigenvalue weighted by molar-refractivity contribution is 5.89. The minimum absolute atomic E-state index is 0.137. The molecule has 0 saturated heterocycles. The molecule has 3 nitrogen and oxygen atoms in total. The number of hydrogen-bond donors (Lipinski definition) is 1. The van der Waals surface area contributed by atoms with E-state index in [2.05, 4.69) is 12.2 Å². The average Bonchev–Trinajstić information content (AvgIpc) is 3.41. The fraction of sp³-hybridized carbons (Fsp3) is 0.350. The van der Waals surface area contributed by atoms with Gasteiger partial charge in [0.1, 0.15) is 5.82 Å². The van der Waals surface area contributed by atoms with Gasteiger partial charge in [0.05, 0.1) is 5.69 Å². The maximum atomic E-state index is 14.0. The lowest BCUT2D eigenvalue weighted by Crippen LogP contribution is -2.42. The molecular formula is C20H23FN2O. The van der Waals surface area contributed by atoms with Crippen molar-refractivity contribution in [3.63, 3.8) is 0 Å². The lowest BCUT2D eigenvalue weighted by atomic mass is 10.1. The van der Waals surface area contributed by atoms with Crippen LogP contribution in [0.5, 0.6) is 0 Å². The zero-order chi connectivity index (χ0) is 17.1. The quantitative estimate of drug-likeness (QED) is 0.827. The van der Waals surface area contributed by atoms with Gasteiger partial charge in [-0.15, -0.1) is 0 Å². The van der Waals surface area contributed by atoms with Crippen molar-refractivity contribution in [2.24, 2.45) is 5.92 Å². The Morgan fingerprint density at radius 1 is 1.25 bits per heavy atom. The highest BCUT2D eigenvalue weighted by atomic mass is 19.1. The second kappa shape index (κ2) is 7.04. The Morgan fingerprint density at radius 3 is 2.62 bits per heavy atom. The second-order valence-corrected chi connectivity index (χ2v) is 6.60. The summed E-state index contributed by atoms with van der Waals surface area (Å²) in [5.41, 5.74) is 2.22. The van der Waals surface area contributed by atoms with Crippen molar-refractivity contribution in [2.75, 3.05) is 5.32 Å². The number of carbonyl (C=O) groups is 1. The summed E-state index contributed by atoms with van der Waals surface area (Å²) in [6.07, 6.45) is 2.30. The minimum atomic E-state index is -0.410. The van der Waals surface area contributed by atoms with Crippen LogP contribution in [0.25, 0.3) is 0 Å². The number of halogens is 1. The number of urea groups is 1. The number of aryl methyl sites for hydroxylation is 1. The number of rotatable bonds is 5. The van der Waals surface area contributed by atoms with Gasteiger partial charge in [-0.05, 0) is 55.9 Å². The van der Waals surface area contributed by atoms with Crippen molar-refractivity contribution in [2.45, 2.75) is 39.3 Å². The van der Waals surface area contributed by atoms with Gasteiger partial charge in [-0.3, -0.25) is 0 Å². The van der Waals surface area contributed by atoms with Crippen LogP contribution in [0.15, 0.2) is 48.5 Å². The molecule has 0 aromatic heterocycles. The third kappa shape index (κ3) is 3.94. The minimum Gasteiger partial charge on any atom is -0.317 e. The lowest BCUT2D eigenvalue weighted by Gasteiger charge is -2.30. The molecule has 126 valence electrons. The summed E-state index contributed by atoms with van der Waals surface area (Å²) in [6, 6.07) is 14.5. The molecule has 2 aromatic carbocycles. The molecule has 2 aromatic rings. The summed E-state index contributed by atoms with van der Waals surface area (Å²) in [5.74, 6) is 0.134. The van der Waals surface area contributed by atoms with E-state index in [0.29, 0.717) is 12.5 Å². The van der Waals surface area contributed by atoms with E-state index in [1.54, 1.807) is 12.1 Å². The van der Waals surface area contributed by atoms with Gasteiger partial charge in [-0.25, -0.2) is 9.18 Å². The standard InChI is InChI=1S/C20H23FN2O/c1-14-8-11-18(21)19(12-14)22-20(24)23(15(2)17-9-10-17)13-16-6-4-3-5-7-16/h3-8,11-12,15,17H,9-10,13H2,1-2H3,(H,22,24). The Hall–Kier alpha value is -2.36. The van der Waals surface area contributed by atoms with Crippen molar-refractivity contribution < 1.29 is 9.18 Å². The zero-order valence-electron chi connectivity index (χ0n) is 14.1. The molecule has 1 aliphatic carbocycles. The largest absolute Gasteiger partial charge is 0.322 e. The first-order chi connectivity index (χ1) is 11.5. The van der Waals surface area contributed by atoms with Gasteiger partial charge in [0.2, 0.25) is 0 Å². The predicted octanol–water partition coefficient (Wildman–Crippen LogP) is 4.97. The Bertz CT molecular complexity index is 713. The van der Waals surface area contributed by atoms with E-state index < -0.39 is 5.82 Å². The molecule has 1 fully saturated rings. The molecule has 0 radical (unpaired) electrons. The van der Waals surface area contributed by atoms with Crippen LogP contribution in [0.1, 0.15) is 30.9 Å². The van der Waals surface area contributed by atoms with Gasteiger partial charge in [0.15, 0.2) is 0 Å². The van der Waals surface area contributed by atoms with Crippen molar-refractivity contribution in [1.29, 1.82) is 0 Å². The van der Waals surface area contributed by atoms with Crippen LogP contribution in [0.3, 0.4) is 0 Å². The average molecular weight is 326 g/mol. The number of nitrogens with zero attached hydrogens (tertiary/aromatic N) is 1. The van der Waals surface area contributed by atoms with Crippen LogP contribution < -0.4 is 5.32 Å².